The molecular formula is C12H25NO. The van der Waals surface area contributed by atoms with Gasteiger partial charge in [-0.1, -0.05) is 26.7 Å². The van der Waals surface area contributed by atoms with Crippen LogP contribution in [0.4, 0.5) is 0 Å². The molecule has 0 aromatic heterocycles. The van der Waals surface area contributed by atoms with Crippen LogP contribution < -0.4 is 5.32 Å². The highest BCUT2D eigenvalue weighted by molar-refractivity contribution is 4.86. The minimum absolute atomic E-state index is 0.515. The quantitative estimate of drug-likeness (QED) is 0.659. The van der Waals surface area contributed by atoms with E-state index in [1.54, 1.807) is 0 Å². The van der Waals surface area contributed by atoms with Crippen molar-refractivity contribution in [1.82, 2.24) is 5.32 Å². The van der Waals surface area contributed by atoms with Gasteiger partial charge in [0.25, 0.3) is 0 Å². The van der Waals surface area contributed by atoms with E-state index in [0.717, 1.165) is 13.0 Å². The molecule has 0 amide bonds. The fraction of sp³-hybridized carbons (Fsp3) is 1.00. The van der Waals surface area contributed by atoms with E-state index in [1.165, 1.54) is 25.7 Å². The minimum atomic E-state index is -0.515. The van der Waals surface area contributed by atoms with Crippen LogP contribution in [0.1, 0.15) is 52.9 Å². The van der Waals surface area contributed by atoms with Crippen molar-refractivity contribution in [3.05, 3.63) is 0 Å². The Morgan fingerprint density at radius 2 is 1.93 bits per heavy atom. The Bertz CT molecular complexity index is 160. The maximum atomic E-state index is 10.2. The normalized spacial score (nSPS) is 21.2. The van der Waals surface area contributed by atoms with Gasteiger partial charge in [0, 0.05) is 12.6 Å². The Balaban J connectivity index is 2.22. The summed E-state index contributed by atoms with van der Waals surface area (Å²) in [4.78, 5) is 0. The maximum Gasteiger partial charge on any atom is 0.0746 e. The van der Waals surface area contributed by atoms with Crippen LogP contribution in [0.25, 0.3) is 0 Å². The molecule has 0 aromatic rings. The lowest BCUT2D eigenvalue weighted by Gasteiger charge is -2.28. The van der Waals surface area contributed by atoms with E-state index in [2.05, 4.69) is 19.2 Å². The molecular weight excluding hydrogens is 174 g/mol. The predicted octanol–water partition coefficient (Wildman–Crippen LogP) is 2.32. The third-order valence-electron chi connectivity index (χ3n) is 3.23. The molecule has 1 rings (SSSR count). The van der Waals surface area contributed by atoms with Gasteiger partial charge in [-0.05, 0) is 32.1 Å². The van der Waals surface area contributed by atoms with Gasteiger partial charge in [0.15, 0.2) is 0 Å². The molecule has 2 N–H and O–H groups in total. The van der Waals surface area contributed by atoms with Crippen molar-refractivity contribution in [3.8, 4) is 0 Å². The van der Waals surface area contributed by atoms with Gasteiger partial charge in [0.05, 0.1) is 5.60 Å². The third kappa shape index (κ3) is 4.43. The average Bonchev–Trinajstić information content (AvgIpc) is 2.95. The Morgan fingerprint density at radius 1 is 1.36 bits per heavy atom. The van der Waals surface area contributed by atoms with Crippen molar-refractivity contribution >= 4 is 0 Å². The lowest BCUT2D eigenvalue weighted by Crippen LogP contribution is -2.40. The van der Waals surface area contributed by atoms with E-state index in [-0.39, 0.29) is 0 Å². The Labute approximate surface area is 88.1 Å². The smallest absolute Gasteiger partial charge is 0.0746 e. The number of rotatable bonds is 7. The summed E-state index contributed by atoms with van der Waals surface area (Å²) < 4.78 is 0. The van der Waals surface area contributed by atoms with Crippen molar-refractivity contribution in [3.63, 3.8) is 0 Å². The zero-order chi connectivity index (χ0) is 10.6. The molecule has 14 heavy (non-hydrogen) atoms. The zero-order valence-electron chi connectivity index (χ0n) is 9.84. The molecule has 2 nitrogen and oxygen atoms in total. The van der Waals surface area contributed by atoms with Gasteiger partial charge in [-0.2, -0.15) is 0 Å². The Kier molecular flexibility index (Phi) is 4.39. The van der Waals surface area contributed by atoms with Crippen LogP contribution in [0, 0.1) is 5.92 Å². The third-order valence-corrected chi connectivity index (χ3v) is 3.23. The van der Waals surface area contributed by atoms with Crippen molar-refractivity contribution in [2.24, 2.45) is 5.92 Å². The van der Waals surface area contributed by atoms with Gasteiger partial charge in [-0.25, -0.2) is 0 Å². The van der Waals surface area contributed by atoms with E-state index < -0.39 is 5.60 Å². The second-order valence-corrected chi connectivity index (χ2v) is 5.04. The molecule has 2 heteroatoms. The van der Waals surface area contributed by atoms with Gasteiger partial charge in [0.1, 0.15) is 0 Å². The zero-order valence-corrected chi connectivity index (χ0v) is 9.84. The van der Waals surface area contributed by atoms with Crippen LogP contribution in [0.3, 0.4) is 0 Å². The first-order chi connectivity index (χ1) is 6.57. The first-order valence-corrected chi connectivity index (χ1v) is 6.03. The molecule has 0 heterocycles. The van der Waals surface area contributed by atoms with E-state index in [4.69, 9.17) is 0 Å². The molecule has 0 spiro atoms. The van der Waals surface area contributed by atoms with Crippen LogP contribution in [-0.4, -0.2) is 23.3 Å². The maximum absolute atomic E-state index is 10.2. The summed E-state index contributed by atoms with van der Waals surface area (Å²) in [5.74, 6) is 0.672. The standard InChI is InChI=1S/C12H25NO/c1-4-10(5-2)8-12(3,14)9-13-11-6-7-11/h10-11,13-14H,4-9H2,1-3H3. The van der Waals surface area contributed by atoms with Crippen molar-refractivity contribution in [2.75, 3.05) is 6.54 Å². The Hall–Kier alpha value is -0.0800. The van der Waals surface area contributed by atoms with Gasteiger partial charge in [0.2, 0.25) is 0 Å². The summed E-state index contributed by atoms with van der Waals surface area (Å²) in [5, 5.41) is 13.6. The molecule has 1 aliphatic rings. The predicted molar refractivity (Wildman–Crippen MR) is 60.3 cm³/mol. The van der Waals surface area contributed by atoms with Crippen LogP contribution in [0.15, 0.2) is 0 Å². The van der Waals surface area contributed by atoms with Crippen LogP contribution in [0.2, 0.25) is 0 Å². The molecule has 0 aromatic carbocycles. The van der Waals surface area contributed by atoms with Crippen LogP contribution in [0.5, 0.6) is 0 Å². The molecule has 0 aliphatic heterocycles. The van der Waals surface area contributed by atoms with E-state index in [1.807, 2.05) is 6.92 Å². The summed E-state index contributed by atoms with van der Waals surface area (Å²) in [7, 11) is 0. The summed E-state index contributed by atoms with van der Waals surface area (Å²) in [6.45, 7) is 7.13. The molecule has 84 valence electrons. The number of nitrogens with one attached hydrogen (secondary N) is 1. The van der Waals surface area contributed by atoms with Gasteiger partial charge in [-0.15, -0.1) is 0 Å². The minimum Gasteiger partial charge on any atom is -0.389 e. The molecule has 1 atom stereocenters. The van der Waals surface area contributed by atoms with E-state index in [9.17, 15) is 5.11 Å². The van der Waals surface area contributed by atoms with Gasteiger partial charge in [-0.3, -0.25) is 0 Å². The second kappa shape index (κ2) is 5.13. The molecule has 0 saturated heterocycles. The van der Waals surface area contributed by atoms with Crippen LogP contribution >= 0.6 is 0 Å². The highest BCUT2D eigenvalue weighted by atomic mass is 16.3. The molecule has 1 fully saturated rings. The number of aliphatic hydroxyl groups is 1. The van der Waals surface area contributed by atoms with Crippen molar-refractivity contribution in [2.45, 2.75) is 64.5 Å². The fourth-order valence-electron chi connectivity index (χ4n) is 1.92. The monoisotopic (exact) mass is 199 g/mol. The second-order valence-electron chi connectivity index (χ2n) is 5.04. The molecule has 1 saturated carbocycles. The van der Waals surface area contributed by atoms with Crippen LogP contribution in [-0.2, 0) is 0 Å². The average molecular weight is 199 g/mol. The highest BCUT2D eigenvalue weighted by Gasteiger charge is 2.28. The SMILES string of the molecule is CCC(CC)CC(C)(O)CNC1CC1. The lowest BCUT2D eigenvalue weighted by molar-refractivity contribution is 0.0322. The topological polar surface area (TPSA) is 32.3 Å². The number of hydrogen-bond acceptors (Lipinski definition) is 2. The summed E-state index contributed by atoms with van der Waals surface area (Å²) in [6, 6.07) is 0.697. The molecule has 1 unspecified atom stereocenters. The van der Waals surface area contributed by atoms with E-state index in [0.29, 0.717) is 12.0 Å². The van der Waals surface area contributed by atoms with Crippen molar-refractivity contribution in [1.29, 1.82) is 0 Å². The molecule has 0 bridgehead atoms. The Morgan fingerprint density at radius 3 is 2.36 bits per heavy atom. The van der Waals surface area contributed by atoms with Gasteiger partial charge < -0.3 is 10.4 Å². The molecule has 0 radical (unpaired) electrons. The largest absolute Gasteiger partial charge is 0.389 e. The summed E-state index contributed by atoms with van der Waals surface area (Å²) in [5.41, 5.74) is -0.515. The van der Waals surface area contributed by atoms with Gasteiger partial charge >= 0.3 is 0 Å². The highest BCUT2D eigenvalue weighted by Crippen LogP contribution is 2.24. The first-order valence-electron chi connectivity index (χ1n) is 6.03. The van der Waals surface area contributed by atoms with Crippen molar-refractivity contribution < 1.29 is 5.11 Å². The lowest BCUT2D eigenvalue weighted by atomic mass is 9.88. The molecule has 1 aliphatic carbocycles. The first kappa shape index (κ1) is 12.0. The van der Waals surface area contributed by atoms with E-state index >= 15 is 0 Å². The summed E-state index contributed by atoms with van der Waals surface area (Å²) >= 11 is 0. The number of hydrogen-bond donors (Lipinski definition) is 2. The summed E-state index contributed by atoms with van der Waals surface area (Å²) in [6.07, 6.45) is 5.87. The fourth-order valence-corrected chi connectivity index (χ4v) is 1.92.